The number of carbonyl (C=O) groups is 1. The lowest BCUT2D eigenvalue weighted by molar-refractivity contribution is -0.279. The van der Waals surface area contributed by atoms with Crippen molar-refractivity contribution in [2.45, 2.75) is 44.1 Å². The van der Waals surface area contributed by atoms with Crippen LogP contribution in [0.15, 0.2) is 18.3 Å². The zero-order chi connectivity index (χ0) is 20.7. The number of aromatic nitrogens is 1. The van der Waals surface area contributed by atoms with Gasteiger partial charge in [0.1, 0.15) is 5.82 Å². The molecule has 3 heterocycles. The number of alkyl halides is 3. The van der Waals surface area contributed by atoms with Gasteiger partial charge >= 0.3 is 6.18 Å². The summed E-state index contributed by atoms with van der Waals surface area (Å²) in [5, 5.41) is 21.0. The van der Waals surface area contributed by atoms with Gasteiger partial charge < -0.3 is 26.5 Å². The number of hydrogen-bond acceptors (Lipinski definition) is 6. The van der Waals surface area contributed by atoms with Gasteiger partial charge in [-0.1, -0.05) is 6.07 Å². The molecular weight excluding hydrogens is 375 g/mol. The largest absolute Gasteiger partial charge is 0.418 e. The summed E-state index contributed by atoms with van der Waals surface area (Å²) >= 11 is 0. The smallest absolute Gasteiger partial charge is 0.379 e. The lowest BCUT2D eigenvalue weighted by Crippen LogP contribution is -2.70. The van der Waals surface area contributed by atoms with Gasteiger partial charge in [0.2, 0.25) is 5.91 Å². The number of rotatable bonds is 3. The van der Waals surface area contributed by atoms with Crippen LogP contribution in [0.25, 0.3) is 0 Å². The minimum absolute atomic E-state index is 0.260. The summed E-state index contributed by atoms with van der Waals surface area (Å²) in [6.07, 6.45) is -5.04. The zero-order valence-corrected chi connectivity index (χ0v) is 15.5. The lowest BCUT2D eigenvalue weighted by atomic mass is 9.71. The van der Waals surface area contributed by atoms with Crippen molar-refractivity contribution in [1.82, 2.24) is 10.3 Å². The van der Waals surface area contributed by atoms with Gasteiger partial charge in [0.25, 0.3) is 0 Å². The van der Waals surface area contributed by atoms with Crippen LogP contribution in [0.3, 0.4) is 0 Å². The molecule has 2 aliphatic heterocycles. The predicted molar refractivity (Wildman–Crippen MR) is 96.9 cm³/mol. The van der Waals surface area contributed by atoms with Gasteiger partial charge in [-0.25, -0.2) is 4.98 Å². The number of aliphatic hydroxyl groups is 1. The molecule has 1 aromatic rings. The number of nitrogens with two attached hydrogens (primary N) is 1. The molecule has 7 nitrogen and oxygen atoms in total. The summed E-state index contributed by atoms with van der Waals surface area (Å²) in [6, 6.07) is 3.82. The van der Waals surface area contributed by atoms with Crippen molar-refractivity contribution in [2.75, 3.05) is 18.0 Å². The highest BCUT2D eigenvalue weighted by atomic mass is 19.4. The monoisotopic (exact) mass is 399 g/mol. The van der Waals surface area contributed by atoms with E-state index in [0.29, 0.717) is 25.9 Å². The van der Waals surface area contributed by atoms with Gasteiger partial charge in [-0.3, -0.25) is 4.79 Å². The second-order valence-electron chi connectivity index (χ2n) is 7.58. The number of halogens is 3. The van der Waals surface area contributed by atoms with E-state index >= 15 is 0 Å². The molecular formula is C18H24F3N5O2. The van der Waals surface area contributed by atoms with Crippen molar-refractivity contribution in [1.29, 1.82) is 5.41 Å². The Morgan fingerprint density at radius 2 is 2.04 bits per heavy atom. The molecule has 0 aromatic carbocycles. The van der Waals surface area contributed by atoms with E-state index in [0.717, 1.165) is 11.4 Å². The molecule has 0 bridgehead atoms. The molecule has 2 fully saturated rings. The first-order chi connectivity index (χ1) is 13.0. The van der Waals surface area contributed by atoms with Gasteiger partial charge in [-0.15, -0.1) is 0 Å². The summed E-state index contributed by atoms with van der Waals surface area (Å²) < 4.78 is 40.7. The lowest BCUT2D eigenvalue weighted by Gasteiger charge is -2.46. The van der Waals surface area contributed by atoms with E-state index < -0.39 is 42.1 Å². The van der Waals surface area contributed by atoms with E-state index in [1.54, 1.807) is 6.20 Å². The van der Waals surface area contributed by atoms with Crippen LogP contribution in [0.2, 0.25) is 0 Å². The third kappa shape index (κ3) is 3.70. The Labute approximate surface area is 160 Å². The highest BCUT2D eigenvalue weighted by molar-refractivity contribution is 5.91. The maximum Gasteiger partial charge on any atom is 0.418 e. The fraction of sp³-hybridized carbons (Fsp3) is 0.611. The molecule has 10 heteroatoms. The van der Waals surface area contributed by atoms with E-state index in [-0.39, 0.29) is 5.71 Å². The molecule has 154 valence electrons. The summed E-state index contributed by atoms with van der Waals surface area (Å²) in [4.78, 5) is 17.9. The van der Waals surface area contributed by atoms with E-state index in [9.17, 15) is 23.1 Å². The molecule has 3 unspecified atom stereocenters. The summed E-state index contributed by atoms with van der Waals surface area (Å²) in [5.74, 6) is -2.36. The average Bonchev–Trinajstić information content (AvgIpc) is 2.60. The molecule has 0 aliphatic carbocycles. The number of carbonyl (C=O) groups excluding carboxylic acids is 1. The maximum atomic E-state index is 13.6. The molecule has 3 rings (SSSR count). The SMILES string of the molecule is Cc1ccc(N2CCC(C(=N)C3C(N)NC(=O)CC3(O)C(F)(F)F)CC2)nc1. The Bertz CT molecular complexity index is 747. The van der Waals surface area contributed by atoms with Crippen LogP contribution in [0.1, 0.15) is 24.8 Å². The van der Waals surface area contributed by atoms with Crippen LogP contribution in [0, 0.1) is 24.2 Å². The Morgan fingerprint density at radius 1 is 1.39 bits per heavy atom. The van der Waals surface area contributed by atoms with Crippen molar-refractivity contribution < 1.29 is 23.1 Å². The molecule has 2 aliphatic rings. The van der Waals surface area contributed by atoms with Gasteiger partial charge in [-0.2, -0.15) is 13.2 Å². The van der Waals surface area contributed by atoms with Crippen molar-refractivity contribution in [3.05, 3.63) is 23.9 Å². The van der Waals surface area contributed by atoms with E-state index in [1.165, 1.54) is 0 Å². The molecule has 0 radical (unpaired) electrons. The fourth-order valence-electron chi connectivity index (χ4n) is 4.02. The minimum atomic E-state index is -5.06. The highest BCUT2D eigenvalue weighted by Crippen LogP contribution is 2.44. The predicted octanol–water partition coefficient (Wildman–Crippen LogP) is 1.34. The maximum absolute atomic E-state index is 13.6. The van der Waals surface area contributed by atoms with Crippen LogP contribution in [0.4, 0.5) is 19.0 Å². The quantitative estimate of drug-likeness (QED) is 0.573. The highest BCUT2D eigenvalue weighted by Gasteiger charge is 2.64. The number of hydrogen-bond donors (Lipinski definition) is 4. The summed E-state index contributed by atoms with van der Waals surface area (Å²) in [7, 11) is 0. The minimum Gasteiger partial charge on any atom is -0.379 e. The molecule has 28 heavy (non-hydrogen) atoms. The van der Waals surface area contributed by atoms with Crippen molar-refractivity contribution >= 4 is 17.4 Å². The van der Waals surface area contributed by atoms with Crippen LogP contribution in [-0.4, -0.2) is 52.7 Å². The van der Waals surface area contributed by atoms with Crippen LogP contribution >= 0.6 is 0 Å². The van der Waals surface area contributed by atoms with Gasteiger partial charge in [0.15, 0.2) is 5.60 Å². The molecule has 2 saturated heterocycles. The van der Waals surface area contributed by atoms with Crippen molar-refractivity contribution in [3.8, 4) is 0 Å². The van der Waals surface area contributed by atoms with E-state index in [4.69, 9.17) is 11.1 Å². The number of nitrogens with zero attached hydrogens (tertiary/aromatic N) is 2. The van der Waals surface area contributed by atoms with Gasteiger partial charge in [0, 0.05) is 30.9 Å². The summed E-state index contributed by atoms with van der Waals surface area (Å²) in [5.41, 5.74) is 3.16. The van der Waals surface area contributed by atoms with E-state index in [1.807, 2.05) is 24.0 Å². The van der Waals surface area contributed by atoms with Crippen LogP contribution < -0.4 is 16.0 Å². The number of anilines is 1. The first-order valence-corrected chi connectivity index (χ1v) is 9.13. The molecule has 1 amide bonds. The second kappa shape index (κ2) is 7.32. The fourth-order valence-corrected chi connectivity index (χ4v) is 4.02. The van der Waals surface area contributed by atoms with Gasteiger partial charge in [-0.05, 0) is 31.4 Å². The van der Waals surface area contributed by atoms with Gasteiger partial charge in [0.05, 0.1) is 18.5 Å². The third-order valence-corrected chi connectivity index (χ3v) is 5.61. The zero-order valence-electron chi connectivity index (χ0n) is 15.5. The van der Waals surface area contributed by atoms with Crippen LogP contribution in [-0.2, 0) is 4.79 Å². The Kier molecular flexibility index (Phi) is 5.37. The van der Waals surface area contributed by atoms with E-state index in [2.05, 4.69) is 10.3 Å². The average molecular weight is 399 g/mol. The second-order valence-corrected chi connectivity index (χ2v) is 7.58. The number of aryl methyl sites for hydroxylation is 1. The molecule has 1 aromatic heterocycles. The van der Waals surface area contributed by atoms with Crippen molar-refractivity contribution in [3.63, 3.8) is 0 Å². The normalized spacial score (nSPS) is 29.5. The molecule has 5 N–H and O–H groups in total. The standard InChI is InChI=1S/C18H24F3N5O2/c1-10-2-3-12(24-9-10)26-6-4-11(5-7-26)15(22)14-16(23)25-13(27)8-17(14,28)18(19,20)21/h2-3,9,11,14,16,22,28H,4-8,23H2,1H3,(H,25,27). The number of pyridine rings is 1. The molecule has 0 saturated carbocycles. The molecule has 3 atom stereocenters. The van der Waals surface area contributed by atoms with Crippen LogP contribution in [0.5, 0.6) is 0 Å². The Balaban J connectivity index is 1.74. The number of amides is 1. The first-order valence-electron chi connectivity index (χ1n) is 9.13. The Morgan fingerprint density at radius 3 is 2.57 bits per heavy atom. The topological polar surface area (TPSA) is 115 Å². The molecule has 0 spiro atoms. The van der Waals surface area contributed by atoms with Crippen molar-refractivity contribution in [2.24, 2.45) is 17.6 Å². The third-order valence-electron chi connectivity index (χ3n) is 5.61. The number of nitrogens with one attached hydrogen (secondary N) is 2. The summed E-state index contributed by atoms with van der Waals surface area (Å²) in [6.45, 7) is 2.99. The number of piperidine rings is 2. The first kappa shape index (κ1) is 20.5. The Hall–Kier alpha value is -2.20.